The van der Waals surface area contributed by atoms with Gasteiger partial charge in [0.1, 0.15) is 11.9 Å². The van der Waals surface area contributed by atoms with E-state index in [1.54, 1.807) is 32.6 Å². The van der Waals surface area contributed by atoms with E-state index in [4.69, 9.17) is 13.9 Å². The highest BCUT2D eigenvalue weighted by Gasteiger charge is 2.12. The molecule has 2 aromatic rings. The van der Waals surface area contributed by atoms with Crippen LogP contribution >= 0.6 is 0 Å². The molecule has 0 aliphatic rings. The van der Waals surface area contributed by atoms with Gasteiger partial charge in [0.2, 0.25) is 0 Å². The van der Waals surface area contributed by atoms with Crippen molar-refractivity contribution in [2.45, 2.75) is 12.6 Å². The van der Waals surface area contributed by atoms with E-state index in [9.17, 15) is 5.11 Å². The molecule has 2 N–H and O–H groups in total. The van der Waals surface area contributed by atoms with Gasteiger partial charge in [-0.25, -0.2) is 0 Å². The SMILES string of the molecule is COc1cccc(CNCC(O)c2ccco2)c1OC. The van der Waals surface area contributed by atoms with Crippen molar-refractivity contribution in [3.8, 4) is 11.5 Å². The maximum absolute atomic E-state index is 9.90. The number of furan rings is 1. The average Bonchev–Trinajstić information content (AvgIpc) is 3.01. The smallest absolute Gasteiger partial charge is 0.165 e. The summed E-state index contributed by atoms with van der Waals surface area (Å²) in [7, 11) is 3.22. The fraction of sp³-hybridized carbons (Fsp3) is 0.333. The molecule has 2 rings (SSSR count). The Morgan fingerprint density at radius 2 is 2.05 bits per heavy atom. The minimum atomic E-state index is -0.665. The summed E-state index contributed by atoms with van der Waals surface area (Å²) in [6.07, 6.45) is 0.880. The number of nitrogens with one attached hydrogen (secondary N) is 1. The molecule has 0 aliphatic heterocycles. The Balaban J connectivity index is 1.94. The molecule has 0 fully saturated rings. The topological polar surface area (TPSA) is 63.9 Å². The summed E-state index contributed by atoms with van der Waals surface area (Å²) in [4.78, 5) is 0. The fourth-order valence-electron chi connectivity index (χ4n) is 2.02. The number of rotatable bonds is 7. The molecule has 0 saturated carbocycles. The van der Waals surface area contributed by atoms with Crippen LogP contribution in [0.4, 0.5) is 0 Å². The molecular weight excluding hydrogens is 258 g/mol. The Bertz CT molecular complexity index is 525. The second kappa shape index (κ2) is 6.98. The molecule has 0 saturated heterocycles. The summed E-state index contributed by atoms with van der Waals surface area (Å²) < 4.78 is 15.7. The van der Waals surface area contributed by atoms with E-state index in [0.717, 1.165) is 5.56 Å². The lowest BCUT2D eigenvalue weighted by Gasteiger charge is -2.14. The monoisotopic (exact) mass is 277 g/mol. The molecule has 1 aromatic heterocycles. The van der Waals surface area contributed by atoms with Gasteiger partial charge in [-0.1, -0.05) is 12.1 Å². The van der Waals surface area contributed by atoms with E-state index >= 15 is 0 Å². The first kappa shape index (κ1) is 14.4. The summed E-state index contributed by atoms with van der Waals surface area (Å²) in [6.45, 7) is 0.964. The number of ether oxygens (including phenoxy) is 2. The van der Waals surface area contributed by atoms with E-state index < -0.39 is 6.10 Å². The molecule has 20 heavy (non-hydrogen) atoms. The van der Waals surface area contributed by atoms with Crippen LogP contribution in [0.1, 0.15) is 17.4 Å². The molecule has 0 aliphatic carbocycles. The third kappa shape index (κ3) is 3.31. The molecule has 5 heteroatoms. The lowest BCUT2D eigenvalue weighted by Crippen LogP contribution is -2.21. The van der Waals surface area contributed by atoms with Crippen LogP contribution in [0.2, 0.25) is 0 Å². The molecule has 108 valence electrons. The number of hydrogen-bond acceptors (Lipinski definition) is 5. The second-order valence-corrected chi connectivity index (χ2v) is 4.31. The molecule has 0 spiro atoms. The maximum atomic E-state index is 9.90. The number of aliphatic hydroxyl groups excluding tert-OH is 1. The van der Waals surface area contributed by atoms with Gasteiger partial charge in [-0.05, 0) is 18.2 Å². The zero-order valence-corrected chi connectivity index (χ0v) is 11.6. The van der Waals surface area contributed by atoms with Gasteiger partial charge in [0.25, 0.3) is 0 Å². The van der Waals surface area contributed by atoms with Gasteiger partial charge in [0.05, 0.1) is 20.5 Å². The van der Waals surface area contributed by atoms with Crippen molar-refractivity contribution < 1.29 is 19.0 Å². The summed E-state index contributed by atoms with van der Waals surface area (Å²) in [5.74, 6) is 1.95. The van der Waals surface area contributed by atoms with E-state index in [1.165, 1.54) is 0 Å². The zero-order chi connectivity index (χ0) is 14.4. The quantitative estimate of drug-likeness (QED) is 0.811. The molecule has 0 bridgehead atoms. The van der Waals surface area contributed by atoms with Crippen LogP contribution in [0.3, 0.4) is 0 Å². The van der Waals surface area contributed by atoms with Crippen molar-refractivity contribution in [3.05, 3.63) is 47.9 Å². The van der Waals surface area contributed by atoms with E-state index in [0.29, 0.717) is 30.3 Å². The van der Waals surface area contributed by atoms with Crippen LogP contribution < -0.4 is 14.8 Å². The normalized spacial score (nSPS) is 12.2. The first-order chi connectivity index (χ1) is 9.76. The number of benzene rings is 1. The van der Waals surface area contributed by atoms with Crippen LogP contribution in [0.15, 0.2) is 41.0 Å². The maximum Gasteiger partial charge on any atom is 0.165 e. The van der Waals surface area contributed by atoms with Gasteiger partial charge in [0.15, 0.2) is 11.5 Å². The van der Waals surface area contributed by atoms with Crippen molar-refractivity contribution in [2.75, 3.05) is 20.8 Å². The summed E-state index contributed by atoms with van der Waals surface area (Å²) in [5.41, 5.74) is 0.971. The first-order valence-corrected chi connectivity index (χ1v) is 6.38. The molecule has 1 unspecified atom stereocenters. The van der Waals surface area contributed by atoms with Crippen molar-refractivity contribution in [1.82, 2.24) is 5.32 Å². The van der Waals surface area contributed by atoms with Crippen LogP contribution in [-0.2, 0) is 6.54 Å². The highest BCUT2D eigenvalue weighted by Crippen LogP contribution is 2.30. The van der Waals surface area contributed by atoms with Crippen molar-refractivity contribution in [3.63, 3.8) is 0 Å². The van der Waals surface area contributed by atoms with Gasteiger partial charge in [-0.3, -0.25) is 0 Å². The van der Waals surface area contributed by atoms with Crippen LogP contribution in [-0.4, -0.2) is 25.9 Å². The molecule has 0 amide bonds. The second-order valence-electron chi connectivity index (χ2n) is 4.31. The Labute approximate surface area is 118 Å². The zero-order valence-electron chi connectivity index (χ0n) is 11.6. The molecule has 1 heterocycles. The number of aliphatic hydroxyl groups is 1. The predicted octanol–water partition coefficient (Wildman–Crippen LogP) is 2.12. The van der Waals surface area contributed by atoms with Crippen LogP contribution in [0.5, 0.6) is 11.5 Å². The van der Waals surface area contributed by atoms with Crippen molar-refractivity contribution in [2.24, 2.45) is 0 Å². The fourth-order valence-corrected chi connectivity index (χ4v) is 2.02. The largest absolute Gasteiger partial charge is 0.493 e. The first-order valence-electron chi connectivity index (χ1n) is 6.38. The molecule has 5 nitrogen and oxygen atoms in total. The van der Waals surface area contributed by atoms with E-state index in [-0.39, 0.29) is 0 Å². The minimum absolute atomic E-state index is 0.397. The average molecular weight is 277 g/mol. The van der Waals surface area contributed by atoms with Crippen molar-refractivity contribution in [1.29, 1.82) is 0 Å². The molecule has 0 radical (unpaired) electrons. The third-order valence-electron chi connectivity index (χ3n) is 3.01. The summed E-state index contributed by atoms with van der Waals surface area (Å²) >= 11 is 0. The lowest BCUT2D eigenvalue weighted by molar-refractivity contribution is 0.147. The van der Waals surface area contributed by atoms with Gasteiger partial charge in [-0.15, -0.1) is 0 Å². The lowest BCUT2D eigenvalue weighted by atomic mass is 10.1. The Morgan fingerprint density at radius 1 is 1.20 bits per heavy atom. The number of hydrogen-bond donors (Lipinski definition) is 2. The summed E-state index contributed by atoms with van der Waals surface area (Å²) in [5, 5.41) is 13.1. The summed E-state index contributed by atoms with van der Waals surface area (Å²) in [6, 6.07) is 9.21. The Hall–Kier alpha value is -1.98. The Morgan fingerprint density at radius 3 is 2.70 bits per heavy atom. The number of para-hydroxylation sites is 1. The standard InChI is InChI=1S/C15H19NO4/c1-18-14-6-3-5-11(15(14)19-2)9-16-10-12(17)13-7-4-8-20-13/h3-8,12,16-17H,9-10H2,1-2H3. The molecule has 1 aromatic carbocycles. The van der Waals surface area contributed by atoms with Gasteiger partial charge in [0, 0.05) is 18.7 Å². The van der Waals surface area contributed by atoms with Crippen LogP contribution in [0.25, 0.3) is 0 Å². The number of methoxy groups -OCH3 is 2. The predicted molar refractivity (Wildman–Crippen MR) is 74.9 cm³/mol. The highest BCUT2D eigenvalue weighted by molar-refractivity contribution is 5.46. The third-order valence-corrected chi connectivity index (χ3v) is 3.01. The molecular formula is C15H19NO4. The van der Waals surface area contributed by atoms with Gasteiger partial charge < -0.3 is 24.3 Å². The Kier molecular flexibility index (Phi) is 5.03. The van der Waals surface area contributed by atoms with Gasteiger partial charge in [-0.2, -0.15) is 0 Å². The minimum Gasteiger partial charge on any atom is -0.493 e. The molecule has 1 atom stereocenters. The highest BCUT2D eigenvalue weighted by atomic mass is 16.5. The van der Waals surface area contributed by atoms with Gasteiger partial charge >= 0.3 is 0 Å². The van der Waals surface area contributed by atoms with Crippen molar-refractivity contribution >= 4 is 0 Å². The van der Waals surface area contributed by atoms with E-state index in [1.807, 2.05) is 18.2 Å². The van der Waals surface area contributed by atoms with Crippen LogP contribution in [0, 0.1) is 0 Å². The van der Waals surface area contributed by atoms with E-state index in [2.05, 4.69) is 5.32 Å².